The molecule has 0 bridgehead atoms. The van der Waals surface area contributed by atoms with E-state index in [0.29, 0.717) is 13.0 Å². The first-order valence-electron chi connectivity index (χ1n) is 7.10. The van der Waals surface area contributed by atoms with Gasteiger partial charge < -0.3 is 10.4 Å². The monoisotopic (exact) mass is 303 g/mol. The molecule has 5 heteroatoms. The van der Waals surface area contributed by atoms with E-state index in [9.17, 15) is 18.3 Å². The smallest absolute Gasteiger partial charge is 0.393 e. The summed E-state index contributed by atoms with van der Waals surface area (Å²) in [5.74, 6) is 0. The zero-order valence-corrected chi connectivity index (χ0v) is 13.0. The highest BCUT2D eigenvalue weighted by Gasteiger charge is 2.34. The van der Waals surface area contributed by atoms with Crippen LogP contribution in [0.15, 0.2) is 24.3 Å². The van der Waals surface area contributed by atoms with E-state index in [1.54, 1.807) is 19.9 Å². The Hall–Kier alpha value is -1.07. The lowest BCUT2D eigenvalue weighted by Gasteiger charge is -2.29. The van der Waals surface area contributed by atoms with Crippen LogP contribution in [0.2, 0.25) is 0 Å². The molecule has 0 aliphatic carbocycles. The molecule has 0 heterocycles. The van der Waals surface area contributed by atoms with Crippen molar-refractivity contribution in [3.05, 3.63) is 35.4 Å². The van der Waals surface area contributed by atoms with Gasteiger partial charge in [0.2, 0.25) is 0 Å². The molecule has 2 unspecified atom stereocenters. The summed E-state index contributed by atoms with van der Waals surface area (Å²) >= 11 is 0. The Labute approximate surface area is 124 Å². The Morgan fingerprint density at radius 3 is 2.24 bits per heavy atom. The Morgan fingerprint density at radius 1 is 1.14 bits per heavy atom. The van der Waals surface area contributed by atoms with Crippen LogP contribution < -0.4 is 5.32 Å². The van der Waals surface area contributed by atoms with Gasteiger partial charge in [0, 0.05) is 12.6 Å². The molecule has 0 amide bonds. The number of rotatable bonds is 6. The molecule has 0 aliphatic rings. The normalized spacial score (nSPS) is 15.8. The summed E-state index contributed by atoms with van der Waals surface area (Å²) in [6, 6.07) is 5.22. The van der Waals surface area contributed by atoms with Crippen molar-refractivity contribution < 1.29 is 18.3 Å². The van der Waals surface area contributed by atoms with Crippen molar-refractivity contribution in [2.75, 3.05) is 6.54 Å². The van der Waals surface area contributed by atoms with Crippen LogP contribution in [0.1, 0.15) is 51.3 Å². The maximum absolute atomic E-state index is 13.0. The second-order valence-electron chi connectivity index (χ2n) is 6.40. The van der Waals surface area contributed by atoms with Crippen LogP contribution in [0.25, 0.3) is 0 Å². The molecular formula is C16H24F3NO. The van der Waals surface area contributed by atoms with E-state index in [-0.39, 0.29) is 11.0 Å². The highest BCUT2D eigenvalue weighted by molar-refractivity contribution is 5.32. The maximum Gasteiger partial charge on any atom is 0.416 e. The van der Waals surface area contributed by atoms with Crippen LogP contribution in [0, 0.1) is 5.41 Å². The van der Waals surface area contributed by atoms with Crippen LogP contribution in [0.5, 0.6) is 0 Å². The minimum Gasteiger partial charge on any atom is -0.393 e. The number of alkyl halides is 3. The molecule has 21 heavy (non-hydrogen) atoms. The van der Waals surface area contributed by atoms with Crippen LogP contribution in [0.3, 0.4) is 0 Å². The lowest BCUT2D eigenvalue weighted by atomic mass is 9.86. The van der Waals surface area contributed by atoms with Gasteiger partial charge in [-0.25, -0.2) is 0 Å². The third-order valence-electron chi connectivity index (χ3n) is 3.47. The molecular weight excluding hydrogens is 279 g/mol. The fourth-order valence-corrected chi connectivity index (χ4v) is 2.54. The molecule has 2 N–H and O–H groups in total. The number of halogens is 3. The molecule has 2 nitrogen and oxygen atoms in total. The fraction of sp³-hybridized carbons (Fsp3) is 0.625. The first kappa shape index (κ1) is 18.0. The molecule has 1 aromatic rings. The van der Waals surface area contributed by atoms with Crippen molar-refractivity contribution in [3.63, 3.8) is 0 Å². The van der Waals surface area contributed by atoms with Gasteiger partial charge in [0.15, 0.2) is 0 Å². The summed E-state index contributed by atoms with van der Waals surface area (Å²) in [5, 5.41) is 12.6. The Balaban J connectivity index is 2.79. The number of hydrogen-bond donors (Lipinski definition) is 2. The van der Waals surface area contributed by atoms with E-state index in [4.69, 9.17) is 0 Å². The fourth-order valence-electron chi connectivity index (χ4n) is 2.54. The summed E-state index contributed by atoms with van der Waals surface area (Å²) in [7, 11) is 0. The molecule has 0 fully saturated rings. The average molecular weight is 303 g/mol. The summed E-state index contributed by atoms with van der Waals surface area (Å²) in [6.45, 7) is 7.93. The average Bonchev–Trinajstić information content (AvgIpc) is 2.33. The molecule has 1 rings (SSSR count). The van der Waals surface area contributed by atoms with Crippen molar-refractivity contribution in [1.82, 2.24) is 5.32 Å². The molecule has 0 aliphatic heterocycles. The number of aliphatic hydroxyl groups is 1. The third kappa shape index (κ3) is 5.67. The Kier molecular flexibility index (Phi) is 5.82. The summed E-state index contributed by atoms with van der Waals surface area (Å²) in [6.07, 6.45) is -4.19. The number of aliphatic hydroxyl groups excluding tert-OH is 1. The number of benzene rings is 1. The minimum absolute atomic E-state index is 0.185. The van der Waals surface area contributed by atoms with Gasteiger partial charge in [-0.05, 0) is 37.3 Å². The quantitative estimate of drug-likeness (QED) is 0.827. The summed E-state index contributed by atoms with van der Waals surface area (Å²) < 4.78 is 39.0. The zero-order chi connectivity index (χ0) is 16.3. The lowest BCUT2D eigenvalue weighted by molar-refractivity contribution is -0.138. The molecule has 0 radical (unpaired) electrons. The van der Waals surface area contributed by atoms with Crippen LogP contribution in [-0.2, 0) is 6.18 Å². The van der Waals surface area contributed by atoms with Gasteiger partial charge in [-0.2, -0.15) is 13.2 Å². The number of hydrogen-bond acceptors (Lipinski definition) is 2. The zero-order valence-electron chi connectivity index (χ0n) is 13.0. The van der Waals surface area contributed by atoms with Crippen molar-refractivity contribution in [2.45, 2.75) is 52.4 Å². The van der Waals surface area contributed by atoms with Crippen molar-refractivity contribution in [3.8, 4) is 0 Å². The Morgan fingerprint density at radius 2 is 1.71 bits per heavy atom. The van der Waals surface area contributed by atoms with Gasteiger partial charge in [0.1, 0.15) is 0 Å². The van der Waals surface area contributed by atoms with E-state index < -0.39 is 23.9 Å². The molecule has 2 atom stereocenters. The Bertz CT molecular complexity index is 455. The molecule has 1 aromatic carbocycles. The second kappa shape index (κ2) is 6.79. The van der Waals surface area contributed by atoms with Gasteiger partial charge in [-0.15, -0.1) is 0 Å². The molecule has 0 aromatic heterocycles. The molecule has 0 spiro atoms. The van der Waals surface area contributed by atoms with E-state index in [1.807, 2.05) is 13.8 Å². The summed E-state index contributed by atoms with van der Waals surface area (Å²) in [5.41, 5.74) is -0.536. The highest BCUT2D eigenvalue weighted by Crippen LogP contribution is 2.34. The van der Waals surface area contributed by atoms with Crippen LogP contribution in [0.4, 0.5) is 13.2 Å². The van der Waals surface area contributed by atoms with Gasteiger partial charge in [0.05, 0.1) is 11.7 Å². The van der Waals surface area contributed by atoms with Crippen molar-refractivity contribution >= 4 is 0 Å². The molecule has 120 valence electrons. The highest BCUT2D eigenvalue weighted by atomic mass is 19.4. The van der Waals surface area contributed by atoms with E-state index in [1.165, 1.54) is 12.1 Å². The van der Waals surface area contributed by atoms with E-state index in [2.05, 4.69) is 5.32 Å². The number of nitrogens with one attached hydrogen (secondary N) is 1. The van der Waals surface area contributed by atoms with E-state index >= 15 is 0 Å². The standard InChI is InChI=1S/C16H24F3NO/c1-11(21)9-15(3,4)10-20-12(2)13-7-5-6-8-14(13)16(17,18)19/h5-8,11-12,20-21H,9-10H2,1-4H3. The molecule has 0 saturated heterocycles. The van der Waals surface area contributed by atoms with Crippen LogP contribution in [-0.4, -0.2) is 17.8 Å². The largest absolute Gasteiger partial charge is 0.416 e. The first-order chi connectivity index (χ1) is 9.53. The van der Waals surface area contributed by atoms with Gasteiger partial charge in [0.25, 0.3) is 0 Å². The summed E-state index contributed by atoms with van der Waals surface area (Å²) in [4.78, 5) is 0. The van der Waals surface area contributed by atoms with Gasteiger partial charge in [-0.1, -0.05) is 32.0 Å². The van der Waals surface area contributed by atoms with Crippen molar-refractivity contribution in [1.29, 1.82) is 0 Å². The van der Waals surface area contributed by atoms with Gasteiger partial charge in [-0.3, -0.25) is 0 Å². The topological polar surface area (TPSA) is 32.3 Å². The van der Waals surface area contributed by atoms with Crippen LogP contribution >= 0.6 is 0 Å². The lowest BCUT2D eigenvalue weighted by Crippen LogP contribution is -2.34. The third-order valence-corrected chi connectivity index (χ3v) is 3.47. The van der Waals surface area contributed by atoms with E-state index in [0.717, 1.165) is 6.07 Å². The predicted octanol–water partition coefficient (Wildman–Crippen LogP) is 4.15. The second-order valence-corrected chi connectivity index (χ2v) is 6.40. The van der Waals surface area contributed by atoms with Crippen molar-refractivity contribution in [2.24, 2.45) is 5.41 Å². The maximum atomic E-state index is 13.0. The van der Waals surface area contributed by atoms with Gasteiger partial charge >= 0.3 is 6.18 Å². The first-order valence-corrected chi connectivity index (χ1v) is 7.10. The minimum atomic E-state index is -4.35. The molecule has 0 saturated carbocycles. The predicted molar refractivity (Wildman–Crippen MR) is 77.9 cm³/mol. The SMILES string of the molecule is CC(O)CC(C)(C)CNC(C)c1ccccc1C(F)(F)F.